The number of hydrazone groups is 1. The summed E-state index contributed by atoms with van der Waals surface area (Å²) in [5, 5.41) is 27.9. The van der Waals surface area contributed by atoms with E-state index < -0.39 is 15.5 Å². The minimum atomic E-state index is -1.13. The molecule has 39 heavy (non-hydrogen) atoms. The molecule has 1 saturated heterocycles. The zero-order chi connectivity index (χ0) is 28.2. The molecular formula is C22H25Cl3N8O4S2. The number of hydrogen-bond acceptors (Lipinski definition) is 8. The molecule has 1 unspecified atom stereocenters. The number of guanidine groups is 1. The van der Waals surface area contributed by atoms with Gasteiger partial charge in [-0.3, -0.25) is 9.78 Å². The fourth-order valence-corrected chi connectivity index (χ4v) is 5.65. The third kappa shape index (κ3) is 7.45. The molecule has 1 atom stereocenters. The number of nitrogens with one attached hydrogen (secondary N) is 1. The molecule has 0 bridgehead atoms. The minimum absolute atomic E-state index is 0.243. The van der Waals surface area contributed by atoms with E-state index in [4.69, 9.17) is 51.8 Å². The van der Waals surface area contributed by atoms with Crippen LogP contribution in [0.4, 0.5) is 0 Å². The number of nitrogens with zero attached hydrogens (tertiary/aromatic N) is 7. The zero-order valence-electron chi connectivity index (χ0n) is 20.7. The highest BCUT2D eigenvalue weighted by atomic mass is 35.5. The van der Waals surface area contributed by atoms with Gasteiger partial charge in [-0.25, -0.2) is 20.1 Å². The van der Waals surface area contributed by atoms with E-state index in [0.29, 0.717) is 27.2 Å². The van der Waals surface area contributed by atoms with Crippen molar-refractivity contribution in [2.45, 2.75) is 42.8 Å². The number of halogens is 3. The quantitative estimate of drug-likeness (QED) is 0.160. The molecule has 1 aliphatic carbocycles. The van der Waals surface area contributed by atoms with Gasteiger partial charge in [0.05, 0.1) is 18.0 Å². The van der Waals surface area contributed by atoms with E-state index in [0.717, 1.165) is 23.3 Å². The molecule has 1 aromatic carbocycles. The first kappa shape index (κ1) is 29.6. The number of nitro groups is 1. The number of ether oxygens (including phenoxy) is 1. The summed E-state index contributed by atoms with van der Waals surface area (Å²) in [5.41, 5.74) is -0.260. The van der Waals surface area contributed by atoms with E-state index in [1.807, 2.05) is 24.3 Å². The lowest BCUT2D eigenvalue weighted by atomic mass is 9.89. The van der Waals surface area contributed by atoms with E-state index in [-0.39, 0.29) is 26.0 Å². The van der Waals surface area contributed by atoms with Crippen molar-refractivity contribution in [3.05, 3.63) is 71.6 Å². The molecule has 17 heteroatoms. The number of aromatic nitrogens is 4. The molecule has 210 valence electrons. The van der Waals surface area contributed by atoms with Crippen LogP contribution in [0.25, 0.3) is 0 Å². The molecule has 2 aliphatic rings. The van der Waals surface area contributed by atoms with Crippen molar-refractivity contribution in [3.8, 4) is 0 Å². The van der Waals surface area contributed by atoms with Crippen LogP contribution in [-0.2, 0) is 24.2 Å². The maximum Gasteiger partial charge on any atom is 0.277 e. The van der Waals surface area contributed by atoms with Crippen molar-refractivity contribution in [2.24, 2.45) is 5.10 Å². The summed E-state index contributed by atoms with van der Waals surface area (Å²) in [6.07, 6.45) is 5.06. The van der Waals surface area contributed by atoms with Gasteiger partial charge in [0.25, 0.3) is 5.96 Å². The van der Waals surface area contributed by atoms with Crippen LogP contribution in [0.2, 0.25) is 9.49 Å². The highest BCUT2D eigenvalue weighted by Gasteiger charge is 2.58. The number of benzene rings is 1. The third-order valence-corrected chi connectivity index (χ3v) is 8.73. The predicted octanol–water partition coefficient (Wildman–Crippen LogP) is 4.36. The van der Waals surface area contributed by atoms with Crippen molar-refractivity contribution < 1.29 is 14.9 Å². The highest BCUT2D eigenvalue weighted by Crippen LogP contribution is 2.53. The van der Waals surface area contributed by atoms with Gasteiger partial charge in [-0.1, -0.05) is 41.4 Å². The Kier molecular flexibility index (Phi) is 9.47. The summed E-state index contributed by atoms with van der Waals surface area (Å²) in [6, 6.07) is 7.48. The van der Waals surface area contributed by atoms with Crippen molar-refractivity contribution >= 4 is 64.3 Å². The number of H-pyrrole nitrogens is 1. The number of aromatic amines is 1. The lowest BCUT2D eigenvalue weighted by molar-refractivity contribution is -0.486. The Morgan fingerprint density at radius 3 is 2.67 bits per heavy atom. The molecule has 2 N–H and O–H groups in total. The van der Waals surface area contributed by atoms with Gasteiger partial charge >= 0.3 is 0 Å². The topological polar surface area (TPSA) is 138 Å². The maximum absolute atomic E-state index is 11.2. The molecule has 0 radical (unpaired) electrons. The van der Waals surface area contributed by atoms with Crippen LogP contribution >= 0.6 is 58.4 Å². The van der Waals surface area contributed by atoms with Gasteiger partial charge in [0.1, 0.15) is 30.5 Å². The molecule has 3 heterocycles. The molecule has 3 aromatic rings. The Bertz CT molecular complexity index is 1400. The molecule has 2 fully saturated rings. The Balaban J connectivity index is 0.000000183. The number of alkyl halides is 1. The van der Waals surface area contributed by atoms with Gasteiger partial charge in [-0.15, -0.1) is 22.9 Å². The van der Waals surface area contributed by atoms with Crippen LogP contribution in [0.1, 0.15) is 23.3 Å². The summed E-state index contributed by atoms with van der Waals surface area (Å²) in [6.45, 7) is 1.20. The number of rotatable bonds is 8. The van der Waals surface area contributed by atoms with Gasteiger partial charge in [0, 0.05) is 29.6 Å². The highest BCUT2D eigenvalue weighted by molar-refractivity contribution is 7.71. The molecule has 2 aromatic heterocycles. The lowest BCUT2D eigenvalue weighted by Crippen LogP contribution is -2.49. The van der Waals surface area contributed by atoms with Gasteiger partial charge in [0.2, 0.25) is 4.77 Å². The molecule has 1 aliphatic heterocycles. The molecule has 0 spiro atoms. The van der Waals surface area contributed by atoms with E-state index in [1.54, 1.807) is 27.7 Å². The van der Waals surface area contributed by atoms with E-state index in [9.17, 15) is 15.2 Å². The summed E-state index contributed by atoms with van der Waals surface area (Å²) < 4.78 is 7.75. The molecule has 1 saturated carbocycles. The Morgan fingerprint density at radius 1 is 1.33 bits per heavy atom. The second-order valence-electron chi connectivity index (χ2n) is 9.10. The maximum atomic E-state index is 11.2. The first-order valence-corrected chi connectivity index (χ1v) is 14.0. The van der Waals surface area contributed by atoms with Crippen molar-refractivity contribution in [1.29, 1.82) is 0 Å². The average Bonchev–Trinajstić information content (AvgIpc) is 3.33. The van der Waals surface area contributed by atoms with Gasteiger partial charge < -0.3 is 19.6 Å². The monoisotopic (exact) mass is 634 g/mol. The molecular weight excluding hydrogens is 611 g/mol. The van der Waals surface area contributed by atoms with Crippen LogP contribution in [-0.4, -0.2) is 76.6 Å². The predicted molar refractivity (Wildman–Crippen MR) is 151 cm³/mol. The largest absolute Gasteiger partial charge is 0.386 e. The van der Waals surface area contributed by atoms with Crippen molar-refractivity contribution in [2.75, 3.05) is 20.5 Å². The number of thiazole rings is 1. The second-order valence-corrected chi connectivity index (χ2v) is 12.3. The van der Waals surface area contributed by atoms with Crippen LogP contribution < -0.4 is 0 Å². The van der Waals surface area contributed by atoms with Gasteiger partial charge in [-0.05, 0) is 36.7 Å². The first-order chi connectivity index (χ1) is 18.5. The second kappa shape index (κ2) is 12.5. The Morgan fingerprint density at radius 2 is 2.08 bits per heavy atom. The summed E-state index contributed by atoms with van der Waals surface area (Å²) in [4.78, 5) is 21.9. The van der Waals surface area contributed by atoms with Crippen molar-refractivity contribution in [1.82, 2.24) is 29.5 Å². The fourth-order valence-electron chi connectivity index (χ4n) is 4.06. The molecule has 12 nitrogen and oxygen atoms in total. The van der Waals surface area contributed by atoms with E-state index >= 15 is 0 Å². The lowest BCUT2D eigenvalue weighted by Gasteiger charge is -2.34. The summed E-state index contributed by atoms with van der Waals surface area (Å²) in [7, 11) is 1.67. The number of hydrogen-bond donors (Lipinski definition) is 2. The number of aliphatic hydroxyl groups is 1. The Hall–Kier alpha value is -2.33. The van der Waals surface area contributed by atoms with Crippen LogP contribution in [0.15, 0.2) is 41.9 Å². The third-order valence-electron chi connectivity index (χ3n) is 6.20. The Labute approximate surface area is 247 Å². The average molecular weight is 636 g/mol. The first-order valence-electron chi connectivity index (χ1n) is 11.6. The van der Waals surface area contributed by atoms with Crippen LogP contribution in [0.3, 0.4) is 0 Å². The molecule has 5 rings (SSSR count). The van der Waals surface area contributed by atoms with Crippen LogP contribution in [0, 0.1) is 14.9 Å². The van der Waals surface area contributed by atoms with E-state index in [2.05, 4.69) is 20.2 Å². The smallest absolute Gasteiger partial charge is 0.277 e. The summed E-state index contributed by atoms with van der Waals surface area (Å²) in [5.74, 6) is 0.260. The zero-order valence-corrected chi connectivity index (χ0v) is 24.6. The standard InChI is InChI=1S/C14H15Cl2N3OS.C8H10ClN5O3S/c15-11-4-2-1-3-10(11)7-14(20,13(16)5-6-13)8-19-12(21)17-9-18-19;1-12-4-17-5-13(8(12)11-14(15)16)3-6-2-10-7(9)18-6/h1-4,9,20H,5-8H2,(H,17,18,21);2H,3-5H2,1H3/b;11-8+. The van der Waals surface area contributed by atoms with Crippen molar-refractivity contribution in [3.63, 3.8) is 0 Å². The summed E-state index contributed by atoms with van der Waals surface area (Å²) >= 11 is 24.9. The van der Waals surface area contributed by atoms with Crippen LogP contribution in [0.5, 0.6) is 0 Å². The van der Waals surface area contributed by atoms with E-state index in [1.165, 1.54) is 17.7 Å². The van der Waals surface area contributed by atoms with Gasteiger partial charge in [-0.2, -0.15) is 0 Å². The minimum Gasteiger partial charge on any atom is -0.386 e. The van der Waals surface area contributed by atoms with Gasteiger partial charge in [0.15, 0.2) is 9.50 Å². The fraction of sp³-hybridized carbons (Fsp3) is 0.455. The molecule has 0 amide bonds. The SMILES string of the molecule is CN1COCN(Cc2cnc(Cl)s2)/C1=N/[N+](=O)[O-].OC(Cc1ccccc1Cl)(Cn1[nH]cnc1=S)C1(Cl)CC1. The normalized spacial score (nSPS) is 18.8.